The number of carboxylic acid groups (broad SMARTS) is 1. The van der Waals surface area contributed by atoms with E-state index in [0.717, 1.165) is 54.6 Å². The first-order chi connectivity index (χ1) is 18.5. The number of H-pyrrole nitrogens is 1. The molecule has 0 aliphatic carbocycles. The summed E-state index contributed by atoms with van der Waals surface area (Å²) in [5.74, 6) is -2.81. The van der Waals surface area contributed by atoms with Gasteiger partial charge in [-0.2, -0.15) is 18.3 Å². The number of hydrogen-bond acceptors (Lipinski definition) is 6. The smallest absolute Gasteiger partial charge is 0.475 e. The zero-order chi connectivity index (χ0) is 28.0. The van der Waals surface area contributed by atoms with Gasteiger partial charge in [-0.3, -0.25) is 14.8 Å². The summed E-state index contributed by atoms with van der Waals surface area (Å²) in [6.07, 6.45) is -3.24. The number of aromatic amines is 1. The Hall–Kier alpha value is -3.48. The second kappa shape index (κ2) is 12.1. The van der Waals surface area contributed by atoms with Gasteiger partial charge in [-0.15, -0.1) is 0 Å². The van der Waals surface area contributed by atoms with E-state index in [1.807, 2.05) is 49.4 Å². The van der Waals surface area contributed by atoms with Gasteiger partial charge >= 0.3 is 12.1 Å². The Bertz CT molecular complexity index is 1280. The molecule has 3 aromatic rings. The van der Waals surface area contributed by atoms with Crippen molar-refractivity contribution in [3.05, 3.63) is 65.4 Å². The fraction of sp³-hybridized carbons (Fsp3) is 0.444. The Morgan fingerprint density at radius 1 is 1.21 bits per heavy atom. The van der Waals surface area contributed by atoms with Crippen molar-refractivity contribution < 1.29 is 37.3 Å². The third-order valence-corrected chi connectivity index (χ3v) is 6.74. The van der Waals surface area contributed by atoms with E-state index >= 15 is 0 Å². The molecular weight excluding hydrogens is 517 g/mol. The maximum atomic E-state index is 12.5. The van der Waals surface area contributed by atoms with Crippen LogP contribution in [0, 0.1) is 6.92 Å². The summed E-state index contributed by atoms with van der Waals surface area (Å²) in [6.45, 7) is 6.25. The summed E-state index contributed by atoms with van der Waals surface area (Å²) < 4.78 is 44.2. The number of carboxylic acids is 1. The first-order valence-electron chi connectivity index (χ1n) is 12.6. The van der Waals surface area contributed by atoms with Crippen molar-refractivity contribution in [3.8, 4) is 0 Å². The molecule has 0 bridgehead atoms. The Labute approximate surface area is 223 Å². The SMILES string of the molecule is Cc1ccc(C(=O)NC[C@H]2CC[C@]3(COCCN(Cc4[nH]nc5ccccc45)C3)O2)cc1.O=C(O)C(F)(F)F. The minimum Gasteiger partial charge on any atom is -0.475 e. The molecule has 5 rings (SSSR count). The van der Waals surface area contributed by atoms with Crippen molar-refractivity contribution in [2.75, 3.05) is 32.8 Å². The van der Waals surface area contributed by atoms with Gasteiger partial charge in [0.2, 0.25) is 0 Å². The average Bonchev–Trinajstić information content (AvgIpc) is 3.43. The van der Waals surface area contributed by atoms with Gasteiger partial charge in [-0.25, -0.2) is 4.79 Å². The third kappa shape index (κ3) is 7.55. The lowest BCUT2D eigenvalue weighted by Gasteiger charge is -2.31. The number of aromatic nitrogens is 2. The van der Waals surface area contributed by atoms with E-state index in [1.54, 1.807) is 0 Å². The second-order valence-corrected chi connectivity index (χ2v) is 9.82. The summed E-state index contributed by atoms with van der Waals surface area (Å²) in [7, 11) is 0. The number of para-hydroxylation sites is 1. The molecule has 0 saturated carbocycles. The molecular formula is C27H31F3N4O5. The van der Waals surface area contributed by atoms with E-state index in [9.17, 15) is 18.0 Å². The monoisotopic (exact) mass is 548 g/mol. The number of halogens is 3. The minimum absolute atomic E-state index is 0.000864. The Morgan fingerprint density at radius 2 is 1.92 bits per heavy atom. The van der Waals surface area contributed by atoms with E-state index in [-0.39, 0.29) is 17.6 Å². The number of aryl methyl sites for hydroxylation is 1. The van der Waals surface area contributed by atoms with Crippen LogP contribution in [0.3, 0.4) is 0 Å². The topological polar surface area (TPSA) is 117 Å². The number of fused-ring (bicyclic) bond motifs is 1. The highest BCUT2D eigenvalue weighted by Crippen LogP contribution is 2.33. The molecule has 1 amide bonds. The van der Waals surface area contributed by atoms with E-state index < -0.39 is 12.1 Å². The molecule has 1 aromatic heterocycles. The van der Waals surface area contributed by atoms with Crippen LogP contribution in [0.25, 0.3) is 10.9 Å². The number of alkyl halides is 3. The quantitative estimate of drug-likeness (QED) is 0.445. The Kier molecular flexibility index (Phi) is 8.88. The molecule has 39 heavy (non-hydrogen) atoms. The molecule has 2 atom stereocenters. The van der Waals surface area contributed by atoms with Crippen molar-refractivity contribution in [3.63, 3.8) is 0 Å². The zero-order valence-electron chi connectivity index (χ0n) is 21.5. The van der Waals surface area contributed by atoms with Gasteiger partial charge in [0.05, 0.1) is 30.5 Å². The molecule has 210 valence electrons. The van der Waals surface area contributed by atoms with Crippen LogP contribution in [0.5, 0.6) is 0 Å². The van der Waals surface area contributed by atoms with E-state index in [4.69, 9.17) is 19.4 Å². The predicted molar refractivity (Wildman–Crippen MR) is 136 cm³/mol. The van der Waals surface area contributed by atoms with Crippen LogP contribution in [0.15, 0.2) is 48.5 Å². The van der Waals surface area contributed by atoms with Crippen LogP contribution >= 0.6 is 0 Å². The molecule has 2 aliphatic rings. The largest absolute Gasteiger partial charge is 0.490 e. The lowest BCUT2D eigenvalue weighted by atomic mass is 10.00. The number of nitrogens with one attached hydrogen (secondary N) is 2. The van der Waals surface area contributed by atoms with E-state index in [1.165, 1.54) is 0 Å². The third-order valence-electron chi connectivity index (χ3n) is 6.74. The van der Waals surface area contributed by atoms with Gasteiger partial charge in [-0.05, 0) is 38.0 Å². The summed E-state index contributed by atoms with van der Waals surface area (Å²) in [5.41, 5.74) is 3.61. The van der Waals surface area contributed by atoms with E-state index in [2.05, 4.69) is 26.5 Å². The number of nitrogens with zero attached hydrogens (tertiary/aromatic N) is 2. The number of ether oxygens (including phenoxy) is 2. The number of amides is 1. The van der Waals surface area contributed by atoms with Gasteiger partial charge in [0.1, 0.15) is 5.60 Å². The molecule has 1 spiro atoms. The number of carbonyl (C=O) groups is 2. The molecule has 9 nitrogen and oxygen atoms in total. The van der Waals surface area contributed by atoms with Crippen LogP contribution in [0.4, 0.5) is 13.2 Å². The van der Waals surface area contributed by atoms with Crippen LogP contribution < -0.4 is 5.32 Å². The number of benzene rings is 2. The first kappa shape index (κ1) is 28.5. The summed E-state index contributed by atoms with van der Waals surface area (Å²) in [4.78, 5) is 23.7. The predicted octanol–water partition coefficient (Wildman–Crippen LogP) is 3.68. The van der Waals surface area contributed by atoms with Crippen molar-refractivity contribution in [1.82, 2.24) is 20.4 Å². The van der Waals surface area contributed by atoms with Gasteiger partial charge in [0.25, 0.3) is 5.91 Å². The second-order valence-electron chi connectivity index (χ2n) is 9.82. The standard InChI is InChI=1S/C25H30N4O3.C2HF3O2/c1-18-6-8-19(9-7-18)24(30)26-14-20-10-11-25(32-20)16-29(12-13-31-17-25)15-23-21-4-2-3-5-22(21)27-28-23;3-2(4,5)1(6)7/h2-9,20H,10-17H2,1H3,(H,26,30)(H,27,28);(H,6,7)/t20-,25+;/m1./s1. The van der Waals surface area contributed by atoms with Gasteiger partial charge < -0.3 is 19.9 Å². The minimum atomic E-state index is -5.08. The van der Waals surface area contributed by atoms with Gasteiger partial charge in [0.15, 0.2) is 0 Å². The Morgan fingerprint density at radius 3 is 2.64 bits per heavy atom. The molecule has 2 fully saturated rings. The maximum Gasteiger partial charge on any atom is 0.490 e. The summed E-state index contributed by atoms with van der Waals surface area (Å²) >= 11 is 0. The molecule has 12 heteroatoms. The average molecular weight is 549 g/mol. The summed E-state index contributed by atoms with van der Waals surface area (Å²) in [6, 6.07) is 15.8. The molecule has 3 N–H and O–H groups in total. The molecule has 0 unspecified atom stereocenters. The van der Waals surface area contributed by atoms with Crippen LogP contribution in [-0.2, 0) is 20.8 Å². The van der Waals surface area contributed by atoms with E-state index in [0.29, 0.717) is 25.3 Å². The highest BCUT2D eigenvalue weighted by molar-refractivity contribution is 5.94. The summed E-state index contributed by atoms with van der Waals surface area (Å²) in [5, 5.41) is 18.9. The maximum absolute atomic E-state index is 12.5. The number of rotatable bonds is 5. The van der Waals surface area contributed by atoms with Gasteiger partial charge in [0, 0.05) is 37.1 Å². The molecule has 0 radical (unpaired) electrons. The van der Waals surface area contributed by atoms with Crippen LogP contribution in [0.2, 0.25) is 0 Å². The highest BCUT2D eigenvalue weighted by atomic mass is 19.4. The lowest BCUT2D eigenvalue weighted by molar-refractivity contribution is -0.192. The van der Waals surface area contributed by atoms with Crippen molar-refractivity contribution in [2.45, 2.75) is 44.2 Å². The fourth-order valence-corrected chi connectivity index (χ4v) is 4.75. The molecule has 2 aromatic carbocycles. The highest BCUT2D eigenvalue weighted by Gasteiger charge is 2.43. The Balaban J connectivity index is 0.000000448. The van der Waals surface area contributed by atoms with Crippen molar-refractivity contribution >= 4 is 22.8 Å². The van der Waals surface area contributed by atoms with Crippen LogP contribution in [-0.4, -0.2) is 82.8 Å². The molecule has 3 heterocycles. The number of carbonyl (C=O) groups excluding carboxylic acids is 1. The zero-order valence-corrected chi connectivity index (χ0v) is 21.5. The first-order valence-corrected chi connectivity index (χ1v) is 12.6. The normalized spacial score (nSPS) is 21.8. The molecule has 2 saturated heterocycles. The number of hydrogen-bond donors (Lipinski definition) is 3. The lowest BCUT2D eigenvalue weighted by Crippen LogP contribution is -2.45. The fourth-order valence-electron chi connectivity index (χ4n) is 4.75. The van der Waals surface area contributed by atoms with Crippen molar-refractivity contribution in [2.24, 2.45) is 0 Å². The molecule has 2 aliphatic heterocycles. The van der Waals surface area contributed by atoms with Crippen LogP contribution in [0.1, 0.15) is 34.5 Å². The number of aliphatic carboxylic acids is 1. The van der Waals surface area contributed by atoms with Gasteiger partial charge in [-0.1, -0.05) is 35.9 Å². The van der Waals surface area contributed by atoms with Crippen molar-refractivity contribution in [1.29, 1.82) is 0 Å².